The average Bonchev–Trinajstić information content (AvgIpc) is 3.99. The number of benzene rings is 4. The lowest BCUT2D eigenvalue weighted by Gasteiger charge is -2.30. The minimum Gasteiger partial charge on any atom is -0.404 e. The minimum absolute atomic E-state index is 0.0374. The first-order valence-electron chi connectivity index (χ1n) is 22.6. The number of anilines is 2. The van der Waals surface area contributed by atoms with Gasteiger partial charge in [-0.15, -0.1) is 11.6 Å². The highest BCUT2D eigenvalue weighted by Crippen LogP contribution is 2.53. The zero-order valence-electron chi connectivity index (χ0n) is 37.7. The third-order valence-corrected chi connectivity index (χ3v) is 13.8. The lowest BCUT2D eigenvalue weighted by molar-refractivity contribution is -0.137. The summed E-state index contributed by atoms with van der Waals surface area (Å²) >= 11 is 6.56. The van der Waals surface area contributed by atoms with Crippen LogP contribution in [0.25, 0.3) is 28.5 Å². The van der Waals surface area contributed by atoms with E-state index in [0.29, 0.717) is 71.2 Å². The molecule has 3 aliphatic heterocycles. The number of alkyl halides is 1. The first kappa shape index (κ1) is 48.8. The van der Waals surface area contributed by atoms with E-state index in [1.54, 1.807) is 53.4 Å². The Morgan fingerprint density at radius 1 is 0.870 bits per heavy atom. The summed E-state index contributed by atoms with van der Waals surface area (Å²) in [6.45, 7) is 2.93. The number of fused-ring (bicyclic) bond motifs is 5. The minimum atomic E-state index is -4.94. The van der Waals surface area contributed by atoms with Crippen molar-refractivity contribution in [3.8, 4) is 5.75 Å². The number of nitrogens with one attached hydrogen (secondary N) is 2. The molecule has 4 aromatic rings. The number of nitrogens with zero attached hydrogens (tertiary/aromatic N) is 3. The summed E-state index contributed by atoms with van der Waals surface area (Å²) in [5, 5.41) is 17.9. The molecule has 16 nitrogen and oxygen atoms in total. The van der Waals surface area contributed by atoms with Gasteiger partial charge >= 0.3 is 7.82 Å². The van der Waals surface area contributed by atoms with E-state index in [9.17, 15) is 48.2 Å². The van der Waals surface area contributed by atoms with Gasteiger partial charge in [0.15, 0.2) is 0 Å². The topological polar surface area (TPSA) is 223 Å². The molecule has 18 heteroatoms. The number of unbranched alkanes of at least 4 members (excludes halogenated alkanes) is 2. The summed E-state index contributed by atoms with van der Waals surface area (Å²) in [6, 6.07) is 21.1. The molecule has 8 rings (SSSR count). The van der Waals surface area contributed by atoms with Gasteiger partial charge in [-0.1, -0.05) is 74.0 Å². The second kappa shape index (κ2) is 20.5. The van der Waals surface area contributed by atoms with Crippen molar-refractivity contribution in [3.05, 3.63) is 131 Å². The fraction of sp³-hybridized carbons (Fsp3) is 0.294. The number of carbonyl (C=O) groups is 6. The Balaban J connectivity index is 0.979. The van der Waals surface area contributed by atoms with Gasteiger partial charge in [-0.05, 0) is 76.3 Å². The number of halogens is 1. The second-order valence-corrected chi connectivity index (χ2v) is 19.1. The van der Waals surface area contributed by atoms with Crippen LogP contribution in [0.3, 0.4) is 0 Å². The molecule has 2 atom stereocenters. The normalized spacial score (nSPS) is 18.7. The van der Waals surface area contributed by atoms with Crippen molar-refractivity contribution in [2.45, 2.75) is 58.0 Å². The average molecular weight is 976 g/mol. The molecule has 0 saturated carbocycles. The molecule has 6 amide bonds. The van der Waals surface area contributed by atoms with Crippen molar-refractivity contribution < 1.29 is 52.7 Å². The van der Waals surface area contributed by atoms with E-state index in [4.69, 9.17) is 16.1 Å². The molecule has 358 valence electrons. The molecular weight excluding hydrogens is 925 g/mol. The maximum Gasteiger partial charge on any atom is 0.524 e. The van der Waals surface area contributed by atoms with Gasteiger partial charge in [0.05, 0.1) is 11.8 Å². The maximum atomic E-state index is 14.0. The number of hydrogen-bond acceptors (Lipinski definition) is 9. The zero-order valence-corrected chi connectivity index (χ0v) is 39.4. The van der Waals surface area contributed by atoms with E-state index in [1.165, 1.54) is 41.3 Å². The summed E-state index contributed by atoms with van der Waals surface area (Å²) in [7, 11) is -4.94. The van der Waals surface area contributed by atoms with Crippen molar-refractivity contribution in [2.75, 3.05) is 42.3 Å². The second-order valence-electron chi connectivity index (χ2n) is 17.6. The van der Waals surface area contributed by atoms with Crippen LogP contribution in [-0.4, -0.2) is 92.2 Å². The summed E-state index contributed by atoms with van der Waals surface area (Å²) in [5.74, 6) is -1.95. The predicted molar refractivity (Wildman–Crippen MR) is 261 cm³/mol. The van der Waals surface area contributed by atoms with Crippen LogP contribution in [-0.2, 0) is 39.8 Å². The highest BCUT2D eigenvalue weighted by atomic mass is 35.5. The Labute approximate surface area is 403 Å². The fourth-order valence-corrected chi connectivity index (χ4v) is 10.1. The summed E-state index contributed by atoms with van der Waals surface area (Å²) in [6.07, 6.45) is 10.1. The molecule has 1 aliphatic carbocycles. The predicted octanol–water partition coefficient (Wildman–Crippen LogP) is 6.79. The molecule has 4 aromatic carbocycles. The van der Waals surface area contributed by atoms with Gasteiger partial charge in [0, 0.05) is 104 Å². The monoisotopic (exact) mass is 975 g/mol. The molecule has 4 aliphatic rings. The highest BCUT2D eigenvalue weighted by molar-refractivity contribution is 7.46. The van der Waals surface area contributed by atoms with Crippen LogP contribution in [0.15, 0.2) is 103 Å². The maximum absolute atomic E-state index is 14.0. The number of rotatable bonds is 17. The number of phosphoric ester groups is 1. The molecule has 3 heterocycles. The van der Waals surface area contributed by atoms with E-state index in [1.807, 2.05) is 31.2 Å². The number of amides is 6. The number of hydrogen-bond donors (Lipinski definition) is 5. The van der Waals surface area contributed by atoms with Crippen LogP contribution in [0.1, 0.15) is 79.4 Å². The Bertz CT molecular complexity index is 2930. The van der Waals surface area contributed by atoms with Gasteiger partial charge in [0.2, 0.25) is 11.8 Å². The molecule has 2 unspecified atom stereocenters. The van der Waals surface area contributed by atoms with Crippen LogP contribution in [0, 0.1) is 5.41 Å². The first-order valence-corrected chi connectivity index (χ1v) is 24.7. The molecule has 5 N–H and O–H groups in total. The van der Waals surface area contributed by atoms with Gasteiger partial charge in [-0.3, -0.25) is 43.5 Å². The third-order valence-electron chi connectivity index (χ3n) is 12.8. The van der Waals surface area contributed by atoms with Crippen molar-refractivity contribution in [3.63, 3.8) is 0 Å². The number of aliphatic hydroxyl groups is 1. The molecule has 0 spiro atoms. The van der Waals surface area contributed by atoms with Crippen LogP contribution in [0.2, 0.25) is 0 Å². The van der Waals surface area contributed by atoms with Gasteiger partial charge < -0.3 is 30.1 Å². The highest BCUT2D eigenvalue weighted by Gasteiger charge is 2.46. The van der Waals surface area contributed by atoms with Crippen LogP contribution in [0.5, 0.6) is 5.75 Å². The first-order chi connectivity index (χ1) is 33.0. The van der Waals surface area contributed by atoms with E-state index in [-0.39, 0.29) is 74.2 Å². The van der Waals surface area contributed by atoms with Crippen LogP contribution >= 0.6 is 19.4 Å². The van der Waals surface area contributed by atoms with Gasteiger partial charge in [0.25, 0.3) is 23.6 Å². The quantitative estimate of drug-likeness (QED) is 0.0244. The Morgan fingerprint density at radius 3 is 2.33 bits per heavy atom. The summed E-state index contributed by atoms with van der Waals surface area (Å²) in [4.78, 5) is 101. The number of phosphoric acid groups is 1. The molecule has 0 bridgehead atoms. The standard InChI is InChI=1S/C51H51ClN5O11P/c1-51(30-52)31-57(41-28-42(58)36-10-5-7-12-38(36)50(41)51)49(64)18-15-32-14-16-33(39(27-32)54-45(60)22-24-53-44(59)13-3-2-8-25-56-47(62)20-21-48(56)63)17-19-46(61)55-26-23-35-34-9-4-6-11-37(34)43(29-40(35)55)68-69(65,66)67/h4-7,9-12,14-21,27,29,42,58H,2-3,8,13,22-26,28,30-31H2,1H3,(H,53,59)(H,54,60)(H2,65,66,67)/b18-15+,19-17+. The van der Waals surface area contributed by atoms with Gasteiger partial charge in [0.1, 0.15) is 5.75 Å². The summed E-state index contributed by atoms with van der Waals surface area (Å²) in [5.41, 5.74) is 5.34. The molecule has 0 radical (unpaired) electrons. The Hall–Kier alpha value is -6.68. The van der Waals surface area contributed by atoms with Crippen molar-refractivity contribution in [1.29, 1.82) is 0 Å². The van der Waals surface area contributed by atoms with E-state index in [0.717, 1.165) is 27.2 Å². The molecular formula is C51H51ClN5O11P. The van der Waals surface area contributed by atoms with E-state index >= 15 is 0 Å². The fourth-order valence-electron chi connectivity index (χ4n) is 9.44. The smallest absolute Gasteiger partial charge is 0.404 e. The SMILES string of the molecule is CC1(CCl)CN(C(=O)/C=C/c2ccc(/C=C/C(=O)N3CCc4c3cc(OP(=O)(O)O)c3ccccc43)c(NC(=O)CCNC(=O)CCCCCN3C(=O)C=CC3=O)c2)C2=C1c1ccccc1C(O)C2. The third kappa shape index (κ3) is 10.8. The Morgan fingerprint density at radius 2 is 1.58 bits per heavy atom. The number of aliphatic hydroxyl groups excluding tert-OH is 1. The number of carbonyl (C=O) groups excluding carboxylic acids is 6. The summed E-state index contributed by atoms with van der Waals surface area (Å²) < 4.78 is 16.9. The van der Waals surface area contributed by atoms with E-state index in [2.05, 4.69) is 10.6 Å². The lowest BCUT2D eigenvalue weighted by atomic mass is 9.76. The lowest BCUT2D eigenvalue weighted by Crippen LogP contribution is -2.32. The molecule has 0 aromatic heterocycles. The van der Waals surface area contributed by atoms with Crippen molar-refractivity contribution in [2.24, 2.45) is 5.41 Å². The van der Waals surface area contributed by atoms with Crippen molar-refractivity contribution in [1.82, 2.24) is 15.1 Å². The van der Waals surface area contributed by atoms with Gasteiger partial charge in [-0.25, -0.2) is 4.57 Å². The largest absolute Gasteiger partial charge is 0.524 e. The van der Waals surface area contributed by atoms with Crippen LogP contribution in [0.4, 0.5) is 11.4 Å². The molecule has 0 saturated heterocycles. The molecule has 0 fully saturated rings. The van der Waals surface area contributed by atoms with E-state index < -0.39 is 31.2 Å². The van der Waals surface area contributed by atoms with Gasteiger partial charge in [-0.2, -0.15) is 0 Å². The van der Waals surface area contributed by atoms with Crippen molar-refractivity contribution >= 4 is 94.7 Å². The zero-order chi connectivity index (χ0) is 49.0. The molecule has 69 heavy (non-hydrogen) atoms. The Kier molecular flexibility index (Phi) is 14.5. The number of imide groups is 1. The van der Waals surface area contributed by atoms with Crippen LogP contribution < -0.4 is 20.1 Å².